The molecule has 2 atom stereocenters. The number of ether oxygens (including phenoxy) is 2. The number of rotatable bonds is 9. The molecule has 3 N–H and O–H groups in total. The number of phenolic OH excluding ortho intramolecular Hbond substituents is 1. The van der Waals surface area contributed by atoms with Crippen LogP contribution in [0.1, 0.15) is 18.6 Å². The molecule has 0 unspecified atom stereocenters. The van der Waals surface area contributed by atoms with Gasteiger partial charge >= 0.3 is 12.1 Å². The molecule has 7 nitrogen and oxygen atoms in total. The van der Waals surface area contributed by atoms with E-state index in [0.29, 0.717) is 5.69 Å². The second-order valence-electron chi connectivity index (χ2n) is 6.01. The van der Waals surface area contributed by atoms with Crippen LogP contribution in [0.5, 0.6) is 5.75 Å². The largest absolute Gasteiger partial charge is 0.505 e. The number of thioether (sulfide) groups is 1. The smallest absolute Gasteiger partial charge is 0.412 e. The zero-order chi connectivity index (χ0) is 22.1. The third-order valence-electron chi connectivity index (χ3n) is 3.96. The van der Waals surface area contributed by atoms with Crippen molar-refractivity contribution in [2.75, 3.05) is 18.2 Å². The second-order valence-corrected chi connectivity index (χ2v) is 6.89. The van der Waals surface area contributed by atoms with Gasteiger partial charge in [-0.2, -0.15) is 0 Å². The van der Waals surface area contributed by atoms with Gasteiger partial charge in [-0.3, -0.25) is 5.32 Å². The molecule has 0 saturated heterocycles. The van der Waals surface area contributed by atoms with Gasteiger partial charge < -0.3 is 19.7 Å². The molecule has 9 heteroatoms. The minimum Gasteiger partial charge on any atom is -0.505 e. The number of hydrogen-bond donors (Lipinski definition) is 3. The average molecular weight is 435 g/mol. The van der Waals surface area contributed by atoms with Gasteiger partial charge in [0.05, 0.1) is 0 Å². The Morgan fingerprint density at radius 3 is 2.50 bits per heavy atom. The first kappa shape index (κ1) is 23.2. The first-order valence-electron chi connectivity index (χ1n) is 8.96. The lowest BCUT2D eigenvalue weighted by Gasteiger charge is -2.25. The molecular weight excluding hydrogens is 413 g/mol. The molecule has 0 fully saturated rings. The Labute approximate surface area is 177 Å². The van der Waals surface area contributed by atoms with Crippen LogP contribution in [0.25, 0.3) is 0 Å². The first-order chi connectivity index (χ1) is 14.3. The highest BCUT2D eigenvalue weighted by Gasteiger charge is 2.27. The van der Waals surface area contributed by atoms with E-state index in [1.54, 1.807) is 30.8 Å². The van der Waals surface area contributed by atoms with Crippen molar-refractivity contribution in [3.05, 3.63) is 66.0 Å². The summed E-state index contributed by atoms with van der Waals surface area (Å²) >= 11 is 1.55. The minimum absolute atomic E-state index is 0.187. The summed E-state index contributed by atoms with van der Waals surface area (Å²) < 4.78 is 24.9. The summed E-state index contributed by atoms with van der Waals surface area (Å²) in [5.41, 5.74) is 0.675. The van der Waals surface area contributed by atoms with Crippen molar-refractivity contribution in [1.29, 1.82) is 0 Å². The van der Waals surface area contributed by atoms with E-state index >= 15 is 0 Å². The highest BCUT2D eigenvalue weighted by atomic mass is 32.2. The van der Waals surface area contributed by atoms with Gasteiger partial charge in [0.25, 0.3) is 0 Å². The van der Waals surface area contributed by atoms with Gasteiger partial charge in [-0.1, -0.05) is 6.07 Å². The number of benzene rings is 2. The number of aliphatic carboxylic acids is 1. The van der Waals surface area contributed by atoms with Crippen LogP contribution >= 0.6 is 11.8 Å². The molecule has 0 aromatic heterocycles. The van der Waals surface area contributed by atoms with Gasteiger partial charge in [0.15, 0.2) is 17.7 Å². The standard InChI is InChI=1S/C21H22FNO6S/c1-3-28-18(10-11-19(25)26)20(13-4-9-17(24)16(22)12-13)29-21(27)23-14-5-7-15(30-2)8-6-14/h4-12,18,20,24H,3H2,1-2H3,(H,23,27)(H,25,26)/b11-10+/t18-,20-/m1/s1. The number of carboxylic acids is 1. The molecule has 0 spiro atoms. The van der Waals surface area contributed by atoms with E-state index in [-0.39, 0.29) is 12.2 Å². The van der Waals surface area contributed by atoms with Crippen LogP contribution in [0, 0.1) is 5.82 Å². The molecule has 0 saturated carbocycles. The number of carbonyl (C=O) groups excluding carboxylic acids is 1. The minimum atomic E-state index is -1.21. The summed E-state index contributed by atoms with van der Waals surface area (Å²) in [5, 5.41) is 20.9. The Morgan fingerprint density at radius 2 is 1.93 bits per heavy atom. The summed E-state index contributed by atoms with van der Waals surface area (Å²) in [5.74, 6) is -2.69. The third-order valence-corrected chi connectivity index (χ3v) is 4.70. The average Bonchev–Trinajstić information content (AvgIpc) is 2.72. The van der Waals surface area contributed by atoms with E-state index in [1.165, 1.54) is 12.1 Å². The molecule has 160 valence electrons. The molecule has 1 amide bonds. The Balaban J connectivity index is 2.29. The fraction of sp³-hybridized carbons (Fsp3) is 0.238. The van der Waals surface area contributed by atoms with Gasteiger partial charge in [-0.05, 0) is 61.2 Å². The Kier molecular flexibility index (Phi) is 8.70. The van der Waals surface area contributed by atoms with Gasteiger partial charge in [-0.15, -0.1) is 11.8 Å². The van der Waals surface area contributed by atoms with E-state index in [1.807, 2.05) is 18.4 Å². The summed E-state index contributed by atoms with van der Waals surface area (Å²) in [7, 11) is 0. The lowest BCUT2D eigenvalue weighted by Crippen LogP contribution is -2.28. The summed E-state index contributed by atoms with van der Waals surface area (Å²) in [6.45, 7) is 1.87. The fourth-order valence-electron chi connectivity index (χ4n) is 2.58. The molecule has 0 aliphatic carbocycles. The number of carboxylic acid groups (broad SMARTS) is 1. The molecule has 0 heterocycles. The van der Waals surface area contributed by atoms with Gasteiger partial charge in [0.2, 0.25) is 0 Å². The number of carbonyl (C=O) groups is 2. The van der Waals surface area contributed by atoms with Crippen LogP contribution < -0.4 is 5.32 Å². The number of amides is 1. The quantitative estimate of drug-likeness (QED) is 0.391. The van der Waals surface area contributed by atoms with Crippen molar-refractivity contribution in [2.45, 2.75) is 24.0 Å². The number of anilines is 1. The molecule has 0 radical (unpaired) electrons. The lowest BCUT2D eigenvalue weighted by atomic mass is 10.0. The van der Waals surface area contributed by atoms with Crippen molar-refractivity contribution in [3.63, 3.8) is 0 Å². The predicted molar refractivity (Wildman–Crippen MR) is 111 cm³/mol. The molecule has 0 aliphatic rings. The number of phenols is 1. The maximum Gasteiger partial charge on any atom is 0.412 e. The van der Waals surface area contributed by atoms with Crippen LogP contribution in [0.2, 0.25) is 0 Å². The highest BCUT2D eigenvalue weighted by Crippen LogP contribution is 2.29. The monoisotopic (exact) mass is 435 g/mol. The van der Waals surface area contributed by atoms with Crippen LogP contribution in [-0.4, -0.2) is 41.2 Å². The van der Waals surface area contributed by atoms with Gasteiger partial charge in [0, 0.05) is 23.3 Å². The predicted octanol–water partition coefficient (Wildman–Crippen LogP) is 4.59. The number of halogens is 1. The Morgan fingerprint density at radius 1 is 1.23 bits per heavy atom. The van der Waals surface area contributed by atoms with E-state index in [0.717, 1.165) is 23.1 Å². The van der Waals surface area contributed by atoms with Crippen molar-refractivity contribution in [2.24, 2.45) is 0 Å². The topological polar surface area (TPSA) is 105 Å². The zero-order valence-corrected chi connectivity index (χ0v) is 17.2. The van der Waals surface area contributed by atoms with E-state index < -0.39 is 35.8 Å². The third kappa shape index (κ3) is 6.78. The number of hydrogen-bond acceptors (Lipinski definition) is 6. The zero-order valence-electron chi connectivity index (χ0n) is 16.4. The molecule has 2 aromatic carbocycles. The van der Waals surface area contributed by atoms with Gasteiger partial charge in [0.1, 0.15) is 6.10 Å². The molecule has 2 aromatic rings. The maximum absolute atomic E-state index is 13.9. The fourth-order valence-corrected chi connectivity index (χ4v) is 2.98. The molecule has 2 rings (SSSR count). The first-order valence-corrected chi connectivity index (χ1v) is 10.2. The van der Waals surface area contributed by atoms with Crippen LogP contribution in [0.15, 0.2) is 59.5 Å². The van der Waals surface area contributed by atoms with Crippen LogP contribution in [0.3, 0.4) is 0 Å². The van der Waals surface area contributed by atoms with Crippen LogP contribution in [-0.2, 0) is 14.3 Å². The van der Waals surface area contributed by atoms with Crippen molar-refractivity contribution >= 4 is 29.5 Å². The maximum atomic E-state index is 13.9. The molecule has 0 bridgehead atoms. The van der Waals surface area contributed by atoms with E-state index in [4.69, 9.17) is 14.6 Å². The van der Waals surface area contributed by atoms with Gasteiger partial charge in [-0.25, -0.2) is 14.0 Å². The normalized spacial score (nSPS) is 13.0. The summed E-state index contributed by atoms with van der Waals surface area (Å²) in [4.78, 5) is 24.4. The molecule has 0 aliphatic heterocycles. The lowest BCUT2D eigenvalue weighted by molar-refractivity contribution is -0.131. The Bertz CT molecular complexity index is 903. The number of aromatic hydroxyl groups is 1. The van der Waals surface area contributed by atoms with Crippen molar-refractivity contribution in [1.82, 2.24) is 0 Å². The SMILES string of the molecule is CCO[C@H](/C=C/C(=O)O)[C@H](OC(=O)Nc1ccc(SC)cc1)c1ccc(O)c(F)c1. The van der Waals surface area contributed by atoms with Crippen molar-refractivity contribution in [3.8, 4) is 5.75 Å². The van der Waals surface area contributed by atoms with Crippen LogP contribution in [0.4, 0.5) is 14.9 Å². The highest BCUT2D eigenvalue weighted by molar-refractivity contribution is 7.98. The second kappa shape index (κ2) is 11.2. The molecular formula is C21H22FNO6S. The Hall–Kier alpha value is -3.04. The summed E-state index contributed by atoms with van der Waals surface area (Å²) in [6, 6.07) is 10.5. The number of nitrogens with one attached hydrogen (secondary N) is 1. The molecule has 30 heavy (non-hydrogen) atoms. The van der Waals surface area contributed by atoms with E-state index in [2.05, 4.69) is 5.32 Å². The summed E-state index contributed by atoms with van der Waals surface area (Å²) in [6.07, 6.45) is 0.991. The van der Waals surface area contributed by atoms with Crippen molar-refractivity contribution < 1.29 is 33.7 Å². The van der Waals surface area contributed by atoms with E-state index in [9.17, 15) is 19.1 Å².